The lowest BCUT2D eigenvalue weighted by atomic mass is 9.73. The largest absolute Gasteiger partial charge is 0.457 e. The van der Waals surface area contributed by atoms with Crippen molar-refractivity contribution in [1.82, 2.24) is 9.97 Å². The van der Waals surface area contributed by atoms with Gasteiger partial charge in [-0.05, 0) is 24.0 Å². The van der Waals surface area contributed by atoms with Crippen LogP contribution in [-0.4, -0.2) is 58.3 Å². The van der Waals surface area contributed by atoms with E-state index in [0.29, 0.717) is 12.2 Å². The Morgan fingerprint density at radius 1 is 1.09 bits per heavy atom. The monoisotopic (exact) mass is 438 g/mol. The van der Waals surface area contributed by atoms with Gasteiger partial charge in [-0.15, -0.1) is 0 Å². The first-order chi connectivity index (χ1) is 15.5. The highest BCUT2D eigenvalue weighted by atomic mass is 16.6. The summed E-state index contributed by atoms with van der Waals surface area (Å²) >= 11 is 0. The predicted octanol–water partition coefficient (Wildman–Crippen LogP) is 3.64. The van der Waals surface area contributed by atoms with E-state index in [-0.39, 0.29) is 12.0 Å². The second kappa shape index (κ2) is 10.1. The second-order valence-corrected chi connectivity index (χ2v) is 9.79. The smallest absolute Gasteiger partial charge is 0.343 e. The molecule has 2 heterocycles. The number of carbonyl (C=O) groups excluding carboxylic acids is 1. The maximum absolute atomic E-state index is 13.4. The van der Waals surface area contributed by atoms with Crippen molar-refractivity contribution in [3.63, 3.8) is 0 Å². The maximum atomic E-state index is 13.4. The van der Waals surface area contributed by atoms with Crippen LogP contribution in [-0.2, 0) is 21.6 Å². The van der Waals surface area contributed by atoms with Crippen molar-refractivity contribution in [2.24, 2.45) is 5.92 Å². The summed E-state index contributed by atoms with van der Waals surface area (Å²) in [5.74, 6) is -0.570. The maximum Gasteiger partial charge on any atom is 0.343 e. The van der Waals surface area contributed by atoms with Crippen molar-refractivity contribution in [2.75, 3.05) is 26.7 Å². The number of likely N-dealkylation sites (N-methyl/N-ethyl adjacent to an activating group) is 1. The Hall–Kier alpha value is -2.31. The van der Waals surface area contributed by atoms with E-state index in [0.717, 1.165) is 68.1 Å². The number of likely N-dealkylation sites (tertiary alicyclic amines) is 1. The van der Waals surface area contributed by atoms with Crippen LogP contribution in [0.2, 0.25) is 0 Å². The van der Waals surface area contributed by atoms with Crippen molar-refractivity contribution < 1.29 is 19.1 Å². The molecule has 0 amide bonds. The quantitative estimate of drug-likeness (QED) is 0.503. The van der Waals surface area contributed by atoms with Crippen molar-refractivity contribution in [1.29, 1.82) is 0 Å². The number of nitrogens with zero attached hydrogens (tertiary/aromatic N) is 3. The topological polar surface area (TPSA) is 72.3 Å². The Bertz CT molecular complexity index is 872. The molecule has 3 atom stereocenters. The summed E-state index contributed by atoms with van der Waals surface area (Å²) in [7, 11) is 2.25. The summed E-state index contributed by atoms with van der Waals surface area (Å²) in [4.78, 5) is 21.6. The molecule has 1 aliphatic heterocycles. The van der Waals surface area contributed by atoms with Gasteiger partial charge >= 0.3 is 5.97 Å². The summed E-state index contributed by atoms with van der Waals surface area (Å²) in [6, 6.07) is 9.63. The number of aromatic nitrogens is 2. The van der Waals surface area contributed by atoms with Gasteiger partial charge in [0, 0.05) is 37.6 Å². The van der Waals surface area contributed by atoms with Crippen LogP contribution in [0.5, 0.6) is 0 Å². The minimum absolute atomic E-state index is 0.0892. The van der Waals surface area contributed by atoms with Crippen LogP contribution in [0, 0.1) is 5.92 Å². The van der Waals surface area contributed by atoms with Gasteiger partial charge in [-0.2, -0.15) is 0 Å². The second-order valence-electron chi connectivity index (χ2n) is 9.79. The van der Waals surface area contributed by atoms with Gasteiger partial charge in [0.15, 0.2) is 5.60 Å². The Morgan fingerprint density at radius 2 is 1.81 bits per heavy atom. The Labute approximate surface area is 191 Å². The van der Waals surface area contributed by atoms with Crippen molar-refractivity contribution in [3.05, 3.63) is 60.2 Å². The minimum atomic E-state index is -1.56. The molecule has 32 heavy (non-hydrogen) atoms. The zero-order valence-electron chi connectivity index (χ0n) is 19.2. The van der Waals surface area contributed by atoms with E-state index >= 15 is 0 Å². The fourth-order valence-electron chi connectivity index (χ4n) is 5.60. The normalized spacial score (nSPS) is 25.9. The summed E-state index contributed by atoms with van der Waals surface area (Å²) in [5, 5.41) is 11.7. The van der Waals surface area contributed by atoms with E-state index in [1.807, 2.05) is 42.7 Å². The number of hydrogen-bond acceptors (Lipinski definition) is 5. The molecule has 1 saturated carbocycles. The molecular formula is C26H36N3O3+. The van der Waals surface area contributed by atoms with Crippen LogP contribution >= 0.6 is 0 Å². The molecule has 6 nitrogen and oxygen atoms in total. The standard InChI is InChI=1S/C26H36N3O3/c1-29(16-14-21-17-27-20-28-18-21)15-8-13-24(29)19-32-25(30)26(31,22-9-4-2-5-10-22)23-11-6-3-7-12-23/h2,4-5,9-10,17-18,20,23-24,31H,3,6-8,11-16,19H2,1H3/q+1/t24?,26?,29-/m1/s1. The van der Waals surface area contributed by atoms with Crippen molar-refractivity contribution >= 4 is 5.97 Å². The number of hydrogen-bond donors (Lipinski definition) is 1. The molecular weight excluding hydrogens is 402 g/mol. The van der Waals surface area contributed by atoms with Crippen LogP contribution in [0.25, 0.3) is 0 Å². The molecule has 2 aliphatic rings. The predicted molar refractivity (Wildman–Crippen MR) is 123 cm³/mol. The van der Waals surface area contributed by atoms with Crippen LogP contribution in [0.4, 0.5) is 0 Å². The molecule has 2 aromatic rings. The average Bonchev–Trinajstić information content (AvgIpc) is 3.23. The van der Waals surface area contributed by atoms with Crippen molar-refractivity contribution in [2.45, 2.75) is 63.0 Å². The fraction of sp³-hybridized carbons (Fsp3) is 0.577. The van der Waals surface area contributed by atoms with E-state index in [1.54, 1.807) is 6.33 Å². The van der Waals surface area contributed by atoms with Gasteiger partial charge in [0.1, 0.15) is 19.0 Å². The van der Waals surface area contributed by atoms with E-state index in [2.05, 4.69) is 17.0 Å². The number of ether oxygens (including phenoxy) is 1. The van der Waals surface area contributed by atoms with Crippen LogP contribution in [0.1, 0.15) is 56.1 Å². The van der Waals surface area contributed by atoms with E-state index in [9.17, 15) is 9.90 Å². The molecule has 1 saturated heterocycles. The number of rotatable bonds is 8. The van der Waals surface area contributed by atoms with Gasteiger partial charge in [0.05, 0.1) is 20.1 Å². The van der Waals surface area contributed by atoms with Crippen LogP contribution in [0.3, 0.4) is 0 Å². The highest BCUT2D eigenvalue weighted by Gasteiger charge is 2.48. The van der Waals surface area contributed by atoms with Gasteiger partial charge in [0.25, 0.3) is 0 Å². The summed E-state index contributed by atoms with van der Waals surface area (Å²) in [5.41, 5.74) is 0.223. The van der Waals surface area contributed by atoms with E-state index in [4.69, 9.17) is 4.74 Å². The molecule has 0 bridgehead atoms. The first-order valence-corrected chi connectivity index (χ1v) is 12.1. The first-order valence-electron chi connectivity index (χ1n) is 12.1. The minimum Gasteiger partial charge on any atom is -0.457 e. The summed E-state index contributed by atoms with van der Waals surface area (Å²) in [6.45, 7) is 2.38. The molecule has 2 fully saturated rings. The Morgan fingerprint density at radius 3 is 2.53 bits per heavy atom. The lowest BCUT2D eigenvalue weighted by molar-refractivity contribution is -0.921. The molecule has 0 radical (unpaired) electrons. The number of esters is 1. The van der Waals surface area contributed by atoms with Gasteiger partial charge in [-0.3, -0.25) is 0 Å². The number of quaternary nitrogens is 1. The van der Waals surface area contributed by atoms with Gasteiger partial charge in [-0.1, -0.05) is 49.6 Å². The van der Waals surface area contributed by atoms with Crippen molar-refractivity contribution in [3.8, 4) is 0 Å². The summed E-state index contributed by atoms with van der Waals surface area (Å²) in [6.07, 6.45) is 13.3. The molecule has 1 aliphatic carbocycles. The van der Waals surface area contributed by atoms with Crippen LogP contribution in [0.15, 0.2) is 49.1 Å². The highest BCUT2D eigenvalue weighted by Crippen LogP contribution is 2.40. The van der Waals surface area contributed by atoms with Gasteiger partial charge in [0.2, 0.25) is 0 Å². The lowest BCUT2D eigenvalue weighted by Crippen LogP contribution is -2.52. The van der Waals surface area contributed by atoms with Gasteiger partial charge < -0.3 is 14.3 Å². The zero-order chi connectivity index (χ0) is 22.4. The third kappa shape index (κ3) is 4.86. The summed E-state index contributed by atoms with van der Waals surface area (Å²) < 4.78 is 6.79. The van der Waals surface area contributed by atoms with Gasteiger partial charge in [-0.25, -0.2) is 14.8 Å². The van der Waals surface area contributed by atoms with E-state index in [1.165, 1.54) is 6.42 Å². The SMILES string of the molecule is C[N@+]1(CCc2cncnc2)CCCC1COC(=O)C(O)(c1ccccc1)C1CCCCC1. The molecule has 6 heteroatoms. The first kappa shape index (κ1) is 22.9. The molecule has 0 spiro atoms. The molecule has 2 unspecified atom stereocenters. The number of carbonyl (C=O) groups is 1. The Kier molecular flexibility index (Phi) is 7.21. The average molecular weight is 439 g/mol. The molecule has 1 aromatic heterocycles. The third-order valence-corrected chi connectivity index (χ3v) is 7.74. The fourth-order valence-corrected chi connectivity index (χ4v) is 5.60. The third-order valence-electron chi connectivity index (χ3n) is 7.74. The van der Waals surface area contributed by atoms with Crippen LogP contribution < -0.4 is 0 Å². The number of benzene rings is 1. The van der Waals surface area contributed by atoms with E-state index < -0.39 is 11.6 Å². The number of aliphatic hydroxyl groups is 1. The molecule has 4 rings (SSSR count). The molecule has 172 valence electrons. The highest BCUT2D eigenvalue weighted by molar-refractivity contribution is 5.81. The molecule has 1 aromatic carbocycles. The molecule has 1 N–H and O–H groups in total. The zero-order valence-corrected chi connectivity index (χ0v) is 19.2. The lowest BCUT2D eigenvalue weighted by Gasteiger charge is -2.39. The Balaban J connectivity index is 1.44.